The average molecular weight is 681 g/mol. The number of hydroxylamine groups is 2. The number of aromatic nitrogens is 2. The normalized spacial score (nSPS) is 17.0. The van der Waals surface area contributed by atoms with Gasteiger partial charge < -0.3 is 39.0 Å². The van der Waals surface area contributed by atoms with Crippen LogP contribution >= 0.6 is 0 Å². The van der Waals surface area contributed by atoms with Crippen LogP contribution in [0.3, 0.4) is 0 Å². The predicted octanol–water partition coefficient (Wildman–Crippen LogP) is 2.71. The molecule has 0 spiro atoms. The molecule has 4 heterocycles. The van der Waals surface area contributed by atoms with Crippen LogP contribution < -0.4 is 10.1 Å². The van der Waals surface area contributed by atoms with Crippen LogP contribution in [-0.4, -0.2) is 112 Å². The van der Waals surface area contributed by atoms with Crippen molar-refractivity contribution in [3.63, 3.8) is 0 Å². The Morgan fingerprint density at radius 3 is 2.47 bits per heavy atom. The number of carboxylic acid groups (broad SMARTS) is 1. The summed E-state index contributed by atoms with van der Waals surface area (Å²) in [6, 6.07) is 12.6. The SMILES string of the molecule is CCOC(=O)ON1CCN(C(=O)C(CCC(=O)O)NC(=O)c2cc(OCC(=O)N3CCC[C@H]3c3ccc(C)o3)n(-c3ccccc3)n2)CC1. The number of nitrogens with one attached hydrogen (secondary N) is 1. The van der Waals surface area contributed by atoms with E-state index in [2.05, 4.69) is 10.4 Å². The number of benzene rings is 1. The maximum absolute atomic E-state index is 13.5. The Balaban J connectivity index is 1.28. The highest BCUT2D eigenvalue weighted by atomic mass is 16.8. The molecule has 2 fully saturated rings. The standard InChI is InChI=1S/C33H40N6O10/c1-3-46-33(45)49-37-18-16-36(17-19-37)32(44)24(12-14-30(41)42)34-31(43)25-20-29(39(35-25)23-8-5-4-6-9-23)47-21-28(40)38-15-7-10-26(38)27-13-11-22(2)48-27/h4-6,8-9,11,13,20,24,26H,3,7,10,12,14-19,21H2,1-2H3,(H,34,43)(H,41,42)/t24?,26-/m0/s1. The van der Waals surface area contributed by atoms with Crippen molar-refractivity contribution < 1.29 is 47.8 Å². The van der Waals surface area contributed by atoms with Crippen molar-refractivity contribution in [3.8, 4) is 11.6 Å². The van der Waals surface area contributed by atoms with Crippen LogP contribution in [0.5, 0.6) is 5.88 Å². The average Bonchev–Trinajstić information content (AvgIpc) is 3.86. The maximum atomic E-state index is 13.5. The Morgan fingerprint density at radius 2 is 1.80 bits per heavy atom. The number of hydrogen-bond acceptors (Lipinski definition) is 11. The number of carbonyl (C=O) groups is 5. The van der Waals surface area contributed by atoms with E-state index in [1.807, 2.05) is 25.1 Å². The molecule has 262 valence electrons. The summed E-state index contributed by atoms with van der Waals surface area (Å²) >= 11 is 0. The van der Waals surface area contributed by atoms with E-state index in [4.69, 9.17) is 18.7 Å². The maximum Gasteiger partial charge on any atom is 0.527 e. The molecular formula is C33H40N6O10. The summed E-state index contributed by atoms with van der Waals surface area (Å²) < 4.78 is 17.9. The number of ether oxygens (including phenoxy) is 2. The molecule has 3 aromatic rings. The van der Waals surface area contributed by atoms with E-state index >= 15 is 0 Å². The molecule has 0 radical (unpaired) electrons. The molecule has 16 nitrogen and oxygen atoms in total. The van der Waals surface area contributed by atoms with Gasteiger partial charge in [0.1, 0.15) is 17.6 Å². The quantitative estimate of drug-likeness (QED) is 0.252. The van der Waals surface area contributed by atoms with Crippen molar-refractivity contribution in [3.05, 3.63) is 65.7 Å². The van der Waals surface area contributed by atoms with E-state index in [0.717, 1.165) is 24.4 Å². The zero-order chi connectivity index (χ0) is 34.9. The van der Waals surface area contributed by atoms with Crippen LogP contribution in [0, 0.1) is 6.92 Å². The molecular weight excluding hydrogens is 640 g/mol. The number of likely N-dealkylation sites (tertiary alicyclic amines) is 1. The fraction of sp³-hybridized carbons (Fsp3) is 0.455. The van der Waals surface area contributed by atoms with Gasteiger partial charge in [-0.05, 0) is 57.4 Å². The highest BCUT2D eigenvalue weighted by Gasteiger charge is 2.34. The number of para-hydroxylation sites is 1. The molecule has 16 heteroatoms. The second kappa shape index (κ2) is 16.1. The molecule has 2 aromatic heterocycles. The molecule has 2 aliphatic rings. The highest BCUT2D eigenvalue weighted by Crippen LogP contribution is 2.33. The van der Waals surface area contributed by atoms with E-state index in [0.29, 0.717) is 12.2 Å². The van der Waals surface area contributed by atoms with Crippen molar-refractivity contribution in [1.29, 1.82) is 0 Å². The molecule has 2 aliphatic heterocycles. The minimum Gasteiger partial charge on any atom is -0.481 e. The van der Waals surface area contributed by atoms with E-state index in [1.165, 1.54) is 20.7 Å². The topological polar surface area (TPSA) is 186 Å². The monoisotopic (exact) mass is 680 g/mol. The molecule has 2 atom stereocenters. The molecule has 1 aromatic carbocycles. The van der Waals surface area contributed by atoms with Crippen LogP contribution in [0.25, 0.3) is 5.69 Å². The predicted molar refractivity (Wildman–Crippen MR) is 171 cm³/mol. The van der Waals surface area contributed by atoms with Gasteiger partial charge >= 0.3 is 12.1 Å². The van der Waals surface area contributed by atoms with Crippen LogP contribution in [0.4, 0.5) is 4.79 Å². The first-order chi connectivity index (χ1) is 23.6. The van der Waals surface area contributed by atoms with E-state index in [9.17, 15) is 29.1 Å². The lowest BCUT2D eigenvalue weighted by atomic mass is 10.1. The number of carbonyl (C=O) groups excluding carboxylic acids is 4. The van der Waals surface area contributed by atoms with Crippen molar-refractivity contribution in [1.82, 2.24) is 30.0 Å². The number of rotatable bonds is 13. The minimum absolute atomic E-state index is 0.0998. The smallest absolute Gasteiger partial charge is 0.481 e. The summed E-state index contributed by atoms with van der Waals surface area (Å²) in [5, 5.41) is 17.8. The lowest BCUT2D eigenvalue weighted by molar-refractivity contribution is -0.157. The van der Waals surface area contributed by atoms with Crippen LogP contribution in [0.2, 0.25) is 0 Å². The van der Waals surface area contributed by atoms with Gasteiger partial charge in [-0.2, -0.15) is 5.10 Å². The molecule has 0 saturated carbocycles. The Morgan fingerprint density at radius 1 is 1.04 bits per heavy atom. The second-order valence-corrected chi connectivity index (χ2v) is 11.6. The first-order valence-electron chi connectivity index (χ1n) is 16.2. The van der Waals surface area contributed by atoms with E-state index in [1.54, 1.807) is 36.1 Å². The molecule has 5 rings (SSSR count). The molecule has 2 saturated heterocycles. The number of hydrogen-bond donors (Lipinski definition) is 2. The van der Waals surface area contributed by atoms with Gasteiger partial charge in [-0.3, -0.25) is 19.2 Å². The number of piperazine rings is 1. The summed E-state index contributed by atoms with van der Waals surface area (Å²) in [7, 11) is 0. The Hall–Kier alpha value is -5.38. The molecule has 0 bridgehead atoms. The highest BCUT2D eigenvalue weighted by molar-refractivity contribution is 5.96. The third kappa shape index (κ3) is 8.95. The van der Waals surface area contributed by atoms with Gasteiger partial charge in [-0.15, -0.1) is 5.06 Å². The number of carboxylic acids is 1. The fourth-order valence-corrected chi connectivity index (χ4v) is 5.77. The summed E-state index contributed by atoms with van der Waals surface area (Å²) in [5.74, 6) is -0.992. The summed E-state index contributed by atoms with van der Waals surface area (Å²) in [6.07, 6.45) is 0.210. The third-order valence-electron chi connectivity index (χ3n) is 8.18. The minimum atomic E-state index is -1.17. The van der Waals surface area contributed by atoms with E-state index in [-0.39, 0.29) is 75.8 Å². The summed E-state index contributed by atoms with van der Waals surface area (Å²) in [6.45, 7) is 4.63. The van der Waals surface area contributed by atoms with Gasteiger partial charge in [0.15, 0.2) is 12.3 Å². The van der Waals surface area contributed by atoms with Gasteiger partial charge in [0.25, 0.3) is 11.8 Å². The molecule has 49 heavy (non-hydrogen) atoms. The fourth-order valence-electron chi connectivity index (χ4n) is 5.77. The van der Waals surface area contributed by atoms with E-state index < -0.39 is 30.0 Å². The van der Waals surface area contributed by atoms with Gasteiger partial charge in [0.2, 0.25) is 11.8 Å². The largest absolute Gasteiger partial charge is 0.527 e. The van der Waals surface area contributed by atoms with Crippen LogP contribution in [0.1, 0.15) is 60.7 Å². The Kier molecular flexibility index (Phi) is 11.5. The molecule has 0 aliphatic carbocycles. The second-order valence-electron chi connectivity index (χ2n) is 11.6. The Bertz CT molecular complexity index is 1630. The lowest BCUT2D eigenvalue weighted by Crippen LogP contribution is -2.55. The lowest BCUT2D eigenvalue weighted by Gasteiger charge is -2.35. The third-order valence-corrected chi connectivity index (χ3v) is 8.18. The van der Waals surface area contributed by atoms with Gasteiger partial charge in [-0.25, -0.2) is 9.48 Å². The van der Waals surface area contributed by atoms with Gasteiger partial charge in [-0.1, -0.05) is 18.2 Å². The zero-order valence-electron chi connectivity index (χ0n) is 27.4. The first-order valence-corrected chi connectivity index (χ1v) is 16.2. The van der Waals surface area contributed by atoms with Crippen molar-refractivity contribution in [2.24, 2.45) is 0 Å². The first kappa shape index (κ1) is 34.9. The number of aliphatic carboxylic acids is 1. The molecule has 3 amide bonds. The van der Waals surface area contributed by atoms with Crippen LogP contribution in [0.15, 0.2) is 52.9 Å². The summed E-state index contributed by atoms with van der Waals surface area (Å²) in [5.41, 5.74) is 0.465. The number of amides is 3. The molecule has 2 N–H and O–H groups in total. The van der Waals surface area contributed by atoms with Crippen molar-refractivity contribution in [2.75, 3.05) is 45.9 Å². The van der Waals surface area contributed by atoms with Crippen molar-refractivity contribution >= 4 is 29.8 Å². The number of furan rings is 1. The zero-order valence-corrected chi connectivity index (χ0v) is 27.4. The molecule has 1 unspecified atom stereocenters. The van der Waals surface area contributed by atoms with Crippen molar-refractivity contribution in [2.45, 2.75) is 51.6 Å². The number of aryl methyl sites for hydroxylation is 1. The van der Waals surface area contributed by atoms with Gasteiger partial charge in [0.05, 0.1) is 31.4 Å². The van der Waals surface area contributed by atoms with Crippen LogP contribution in [-0.2, 0) is 24.0 Å². The Labute approximate surface area is 282 Å². The van der Waals surface area contributed by atoms with Gasteiger partial charge in [0, 0.05) is 32.1 Å². The number of nitrogens with zero attached hydrogens (tertiary/aromatic N) is 5. The summed E-state index contributed by atoms with van der Waals surface area (Å²) in [4.78, 5) is 71.7.